The Morgan fingerprint density at radius 1 is 0.885 bits per heavy atom. The first-order chi connectivity index (χ1) is 12.6. The summed E-state index contributed by atoms with van der Waals surface area (Å²) in [5.74, 6) is 0.127. The van der Waals surface area contributed by atoms with E-state index in [1.807, 2.05) is 42.3 Å². The largest absolute Gasteiger partial charge is 0.315 e. The van der Waals surface area contributed by atoms with Crippen molar-refractivity contribution in [3.05, 3.63) is 100 Å². The van der Waals surface area contributed by atoms with Gasteiger partial charge in [-0.15, -0.1) is 0 Å². The predicted molar refractivity (Wildman–Crippen MR) is 109 cm³/mol. The molecule has 1 heterocycles. The van der Waals surface area contributed by atoms with Crippen molar-refractivity contribution in [3.63, 3.8) is 0 Å². The second kappa shape index (κ2) is 7.08. The number of benzene rings is 3. The molecule has 130 valence electrons. The maximum absolute atomic E-state index is 13.3. The zero-order valence-corrected chi connectivity index (χ0v) is 16.2. The molecule has 1 aliphatic heterocycles. The standard InChI is InChI=1S/C23H20BrNO/c1-25-21-10-6-5-9-19(21)22(17-11-13-18(24)14-12-17)20(23(25)26)15-16-7-3-2-4-8-16/h2-14,20,22H,15H2,1H3. The summed E-state index contributed by atoms with van der Waals surface area (Å²) in [5, 5.41) is 0. The van der Waals surface area contributed by atoms with Gasteiger partial charge in [-0.3, -0.25) is 4.79 Å². The SMILES string of the molecule is CN1C(=O)C(Cc2ccccc2)C(c2ccc(Br)cc2)c2ccccc21. The molecule has 0 N–H and O–H groups in total. The number of nitrogens with zero attached hydrogens (tertiary/aromatic N) is 1. The van der Waals surface area contributed by atoms with Gasteiger partial charge < -0.3 is 4.90 Å². The molecular weight excluding hydrogens is 386 g/mol. The van der Waals surface area contributed by atoms with Crippen molar-refractivity contribution in [2.75, 3.05) is 11.9 Å². The number of anilines is 1. The van der Waals surface area contributed by atoms with E-state index in [4.69, 9.17) is 0 Å². The molecule has 1 aliphatic rings. The highest BCUT2D eigenvalue weighted by Crippen LogP contribution is 2.44. The van der Waals surface area contributed by atoms with Gasteiger partial charge in [-0.05, 0) is 41.3 Å². The smallest absolute Gasteiger partial charge is 0.231 e. The van der Waals surface area contributed by atoms with Crippen LogP contribution in [-0.2, 0) is 11.2 Å². The summed E-state index contributed by atoms with van der Waals surface area (Å²) in [4.78, 5) is 15.1. The monoisotopic (exact) mass is 405 g/mol. The van der Waals surface area contributed by atoms with Crippen molar-refractivity contribution in [2.45, 2.75) is 12.3 Å². The summed E-state index contributed by atoms with van der Waals surface area (Å²) >= 11 is 3.52. The van der Waals surface area contributed by atoms with Gasteiger partial charge in [0.05, 0.1) is 5.92 Å². The Balaban J connectivity index is 1.84. The van der Waals surface area contributed by atoms with E-state index in [2.05, 4.69) is 64.5 Å². The first-order valence-corrected chi connectivity index (χ1v) is 9.60. The van der Waals surface area contributed by atoms with Crippen molar-refractivity contribution >= 4 is 27.5 Å². The quantitative estimate of drug-likeness (QED) is 0.569. The zero-order chi connectivity index (χ0) is 18.1. The predicted octanol–water partition coefficient (Wildman–Crippen LogP) is 5.42. The molecule has 2 atom stereocenters. The van der Waals surface area contributed by atoms with Gasteiger partial charge in [0.25, 0.3) is 0 Å². The lowest BCUT2D eigenvalue weighted by Crippen LogP contribution is -2.42. The minimum Gasteiger partial charge on any atom is -0.315 e. The number of carbonyl (C=O) groups is 1. The highest BCUT2D eigenvalue weighted by Gasteiger charge is 2.39. The van der Waals surface area contributed by atoms with Crippen LogP contribution in [0, 0.1) is 5.92 Å². The Morgan fingerprint density at radius 2 is 1.54 bits per heavy atom. The molecule has 3 heteroatoms. The molecule has 0 bridgehead atoms. The van der Waals surface area contributed by atoms with Crippen molar-refractivity contribution in [3.8, 4) is 0 Å². The van der Waals surface area contributed by atoms with E-state index in [-0.39, 0.29) is 17.7 Å². The van der Waals surface area contributed by atoms with Gasteiger partial charge in [0.2, 0.25) is 5.91 Å². The molecule has 0 aliphatic carbocycles. The third kappa shape index (κ3) is 3.08. The number of carbonyl (C=O) groups excluding carboxylic acids is 1. The molecule has 3 aromatic rings. The Hall–Kier alpha value is -2.39. The summed E-state index contributed by atoms with van der Waals surface area (Å²) in [6, 6.07) is 26.9. The van der Waals surface area contributed by atoms with E-state index in [0.29, 0.717) is 0 Å². The van der Waals surface area contributed by atoms with Crippen molar-refractivity contribution in [1.82, 2.24) is 0 Å². The summed E-state index contributed by atoms with van der Waals surface area (Å²) < 4.78 is 1.05. The first-order valence-electron chi connectivity index (χ1n) is 8.81. The first kappa shape index (κ1) is 17.0. The Kier molecular flexibility index (Phi) is 4.64. The maximum atomic E-state index is 13.3. The number of amides is 1. The average molecular weight is 406 g/mol. The lowest BCUT2D eigenvalue weighted by atomic mass is 9.74. The Bertz CT molecular complexity index is 920. The van der Waals surface area contributed by atoms with E-state index >= 15 is 0 Å². The molecule has 0 aromatic heterocycles. The van der Waals surface area contributed by atoms with Gasteiger partial charge in [-0.2, -0.15) is 0 Å². The Morgan fingerprint density at radius 3 is 2.27 bits per heavy atom. The fourth-order valence-electron chi connectivity index (χ4n) is 3.94. The fourth-order valence-corrected chi connectivity index (χ4v) is 4.20. The van der Waals surface area contributed by atoms with Crippen LogP contribution in [0.25, 0.3) is 0 Å². The van der Waals surface area contributed by atoms with Crippen LogP contribution >= 0.6 is 15.9 Å². The summed E-state index contributed by atoms with van der Waals surface area (Å²) in [7, 11) is 1.89. The summed E-state index contributed by atoms with van der Waals surface area (Å²) in [6.45, 7) is 0. The van der Waals surface area contributed by atoms with E-state index in [9.17, 15) is 4.79 Å². The number of halogens is 1. The summed E-state index contributed by atoms with van der Waals surface area (Å²) in [6.07, 6.45) is 0.735. The third-order valence-corrected chi connectivity index (χ3v) is 5.74. The molecule has 0 saturated carbocycles. The fraction of sp³-hybridized carbons (Fsp3) is 0.174. The highest BCUT2D eigenvalue weighted by atomic mass is 79.9. The van der Waals surface area contributed by atoms with Crippen molar-refractivity contribution in [1.29, 1.82) is 0 Å². The van der Waals surface area contributed by atoms with E-state index in [1.54, 1.807) is 0 Å². The molecule has 0 radical (unpaired) electrons. The minimum absolute atomic E-state index is 0.0585. The number of hydrogen-bond acceptors (Lipinski definition) is 1. The third-order valence-electron chi connectivity index (χ3n) is 5.21. The van der Waals surface area contributed by atoms with Gasteiger partial charge in [-0.25, -0.2) is 0 Å². The zero-order valence-electron chi connectivity index (χ0n) is 14.6. The summed E-state index contributed by atoms with van der Waals surface area (Å²) in [5.41, 5.74) is 4.61. The second-order valence-electron chi connectivity index (χ2n) is 6.78. The number of rotatable bonds is 3. The van der Waals surface area contributed by atoms with Gasteiger partial charge in [0.1, 0.15) is 0 Å². The van der Waals surface area contributed by atoms with Gasteiger partial charge in [0, 0.05) is 23.1 Å². The molecule has 0 saturated heterocycles. The van der Waals surface area contributed by atoms with Crippen LogP contribution in [-0.4, -0.2) is 13.0 Å². The van der Waals surface area contributed by atoms with Crippen LogP contribution in [0.4, 0.5) is 5.69 Å². The van der Waals surface area contributed by atoms with Gasteiger partial charge >= 0.3 is 0 Å². The number of fused-ring (bicyclic) bond motifs is 1. The van der Waals surface area contributed by atoms with E-state index in [0.717, 1.165) is 16.6 Å². The lowest BCUT2D eigenvalue weighted by Gasteiger charge is -2.38. The van der Waals surface area contributed by atoms with Crippen LogP contribution in [0.3, 0.4) is 0 Å². The van der Waals surface area contributed by atoms with E-state index in [1.165, 1.54) is 16.7 Å². The molecular formula is C23H20BrNO. The lowest BCUT2D eigenvalue weighted by molar-refractivity contribution is -0.123. The molecule has 1 amide bonds. The number of para-hydroxylation sites is 1. The molecule has 2 nitrogen and oxygen atoms in total. The maximum Gasteiger partial charge on any atom is 0.231 e. The van der Waals surface area contributed by atoms with Crippen molar-refractivity contribution < 1.29 is 4.79 Å². The topological polar surface area (TPSA) is 20.3 Å². The minimum atomic E-state index is -0.113. The van der Waals surface area contributed by atoms with Gasteiger partial charge in [-0.1, -0.05) is 76.6 Å². The van der Waals surface area contributed by atoms with Crippen molar-refractivity contribution in [2.24, 2.45) is 5.92 Å². The number of hydrogen-bond donors (Lipinski definition) is 0. The normalized spacial score (nSPS) is 19.3. The second-order valence-corrected chi connectivity index (χ2v) is 7.70. The molecule has 0 spiro atoms. The van der Waals surface area contributed by atoms with Gasteiger partial charge in [0.15, 0.2) is 0 Å². The highest BCUT2D eigenvalue weighted by molar-refractivity contribution is 9.10. The van der Waals surface area contributed by atoms with Crippen LogP contribution in [0.15, 0.2) is 83.3 Å². The van der Waals surface area contributed by atoms with Crippen LogP contribution in [0.2, 0.25) is 0 Å². The van der Waals surface area contributed by atoms with Crippen LogP contribution < -0.4 is 4.90 Å². The molecule has 2 unspecified atom stereocenters. The molecule has 26 heavy (non-hydrogen) atoms. The molecule has 4 rings (SSSR count). The van der Waals surface area contributed by atoms with E-state index < -0.39 is 0 Å². The molecule has 3 aromatic carbocycles. The molecule has 0 fully saturated rings. The van der Waals surface area contributed by atoms with Crippen LogP contribution in [0.1, 0.15) is 22.6 Å². The Labute approximate surface area is 162 Å². The average Bonchev–Trinajstić information content (AvgIpc) is 2.68. The van der Waals surface area contributed by atoms with Crippen LogP contribution in [0.5, 0.6) is 0 Å².